The predicted molar refractivity (Wildman–Crippen MR) is 231 cm³/mol. The van der Waals surface area contributed by atoms with Crippen LogP contribution in [0, 0.1) is 0 Å². The Morgan fingerprint density at radius 1 is 0.754 bits per heavy atom. The van der Waals surface area contributed by atoms with Crippen LogP contribution in [0.2, 0.25) is 0 Å². The molecule has 0 spiro atoms. The summed E-state index contributed by atoms with van der Waals surface area (Å²) in [6, 6.07) is 0.256. The average molecular weight is 871 g/mol. The molecule has 2 unspecified atom stereocenters. The van der Waals surface area contributed by atoms with Crippen molar-refractivity contribution in [2.75, 3.05) is 86.3 Å². The maximum Gasteiger partial charge on any atom is 0.317 e. The number of carbonyl (C=O) groups is 2. The largest absolute Gasteiger partial charge is 0.480 e. The first-order valence-electron chi connectivity index (χ1n) is 19.8. The Morgan fingerprint density at radius 2 is 1.21 bits per heavy atom. The number of aliphatic carboxylic acids is 1. The lowest BCUT2D eigenvalue weighted by atomic mass is 10.4. The SMILES string of the molecule is CC(C)NCC(=O)O.CC(C)OC(O)CO.CC(C)OCCN1CCCC1=O.CC(C)OCCO.CC(C)OCC[P+](=O)[S-].COC(C)C.COCCOC(C)C. The highest BCUT2D eigenvalue weighted by Gasteiger charge is 2.19. The maximum absolute atomic E-state index is 11.1. The van der Waals surface area contributed by atoms with Crippen molar-refractivity contribution in [2.45, 2.75) is 159 Å². The fourth-order valence-corrected chi connectivity index (χ4v) is 3.48. The van der Waals surface area contributed by atoms with Crippen LogP contribution in [-0.4, -0.2) is 172 Å². The normalized spacial score (nSPS) is 12.7. The standard InChI is InChI=1S/C9H17NO2.C6H14O2.C5H11NO2.C5H12O3.C5H11O2PS.C5H12O2.C4H10O/c1-8(2)12-7-6-10-5-3-4-9(10)11;1-6(2)8-5-4-7-3;1-4(2)6-3-5(7)8;1-4(2)8-5(7)3-6;1-5(2)7-3-4-8(6)9;1-5(2)7-4-3-6;1-4(2)5-3/h8H,3-7H2,1-2H3;6H,4-5H2,1-3H3;4,6H,3H2,1-2H3,(H,7,8);4-7H,3H2,1-2H3;5H,3-4H2,1-2H3;5-6H,3-4H2,1-2H3;4H,1-3H3. The van der Waals surface area contributed by atoms with Crippen molar-refractivity contribution in [3.05, 3.63) is 0 Å². The van der Waals surface area contributed by atoms with Gasteiger partial charge in [-0.05, 0) is 89.5 Å². The minimum atomic E-state index is -1.42. The number of carbonyl (C=O) groups excluding carboxylic acids is 1. The molecule has 0 bridgehead atoms. The van der Waals surface area contributed by atoms with Gasteiger partial charge in [0.1, 0.15) is 6.16 Å². The van der Waals surface area contributed by atoms with Crippen LogP contribution in [0.1, 0.15) is 110 Å². The number of aliphatic hydroxyl groups is 3. The van der Waals surface area contributed by atoms with Gasteiger partial charge in [-0.25, -0.2) is 0 Å². The van der Waals surface area contributed by atoms with E-state index in [9.17, 15) is 14.2 Å². The van der Waals surface area contributed by atoms with Crippen LogP contribution in [0.5, 0.6) is 0 Å². The van der Waals surface area contributed by atoms with Gasteiger partial charge in [0.05, 0.1) is 89.4 Å². The van der Waals surface area contributed by atoms with E-state index < -0.39 is 19.3 Å². The maximum atomic E-state index is 11.1. The number of hydrogen-bond acceptors (Lipinski definition) is 15. The van der Waals surface area contributed by atoms with Crippen LogP contribution in [0.4, 0.5) is 0 Å². The zero-order chi connectivity index (χ0) is 45.8. The van der Waals surface area contributed by atoms with E-state index in [2.05, 4.69) is 17.6 Å². The Morgan fingerprint density at radius 3 is 1.47 bits per heavy atom. The van der Waals surface area contributed by atoms with Crippen LogP contribution in [0.15, 0.2) is 0 Å². The van der Waals surface area contributed by atoms with E-state index in [1.165, 1.54) is 0 Å². The monoisotopic (exact) mass is 871 g/mol. The number of hydrogen-bond donors (Lipinski definition) is 5. The van der Waals surface area contributed by atoms with E-state index in [1.54, 1.807) is 28.1 Å². The van der Waals surface area contributed by atoms with Gasteiger partial charge in [-0.3, -0.25) is 9.59 Å². The molecule has 1 aliphatic rings. The van der Waals surface area contributed by atoms with E-state index in [-0.39, 0.29) is 56.1 Å². The molecule has 0 aromatic carbocycles. The van der Waals surface area contributed by atoms with Gasteiger partial charge in [-0.1, -0.05) is 13.8 Å². The summed E-state index contributed by atoms with van der Waals surface area (Å²) in [5.74, 6) is -0.527. The second-order valence-corrected chi connectivity index (χ2v) is 16.3. The second kappa shape index (κ2) is 51.1. The zero-order valence-electron chi connectivity index (χ0n) is 38.5. The molecule has 0 saturated carbocycles. The molecular formula is C39H87N2O14PS. The summed E-state index contributed by atoms with van der Waals surface area (Å²) >= 11 is 4.46. The van der Waals surface area contributed by atoms with E-state index in [0.717, 1.165) is 25.9 Å². The zero-order valence-corrected chi connectivity index (χ0v) is 40.2. The molecular weight excluding hydrogens is 783 g/mol. The van der Waals surface area contributed by atoms with Gasteiger partial charge in [0, 0.05) is 39.8 Å². The summed E-state index contributed by atoms with van der Waals surface area (Å²) in [6.45, 7) is 31.7. The van der Waals surface area contributed by atoms with Crippen molar-refractivity contribution in [3.8, 4) is 0 Å². The summed E-state index contributed by atoms with van der Waals surface area (Å²) in [7, 11) is 1.95. The van der Waals surface area contributed by atoms with E-state index >= 15 is 0 Å². The molecule has 1 heterocycles. The van der Waals surface area contributed by atoms with Crippen molar-refractivity contribution in [3.63, 3.8) is 0 Å². The number of amides is 1. The molecule has 1 rings (SSSR count). The Balaban J connectivity index is -0.000000135. The van der Waals surface area contributed by atoms with Crippen molar-refractivity contribution in [1.29, 1.82) is 0 Å². The van der Waals surface area contributed by atoms with E-state index in [1.807, 2.05) is 88.0 Å². The van der Waals surface area contributed by atoms with Gasteiger partial charge in [-0.15, -0.1) is 4.57 Å². The fourth-order valence-electron chi connectivity index (χ4n) is 3.01. The van der Waals surface area contributed by atoms with Crippen molar-refractivity contribution in [1.82, 2.24) is 10.2 Å². The van der Waals surface area contributed by atoms with E-state index in [0.29, 0.717) is 51.4 Å². The lowest BCUT2D eigenvalue weighted by molar-refractivity contribution is -0.146. The molecule has 0 aromatic heterocycles. The quantitative estimate of drug-likeness (QED) is 0.0418. The predicted octanol–water partition coefficient (Wildman–Crippen LogP) is 5.03. The number of rotatable bonds is 22. The highest BCUT2D eigenvalue weighted by molar-refractivity contribution is 8.27. The Bertz CT molecular complexity index is 843. The second-order valence-electron chi connectivity index (χ2n) is 14.0. The van der Waals surface area contributed by atoms with E-state index in [4.69, 9.17) is 53.6 Å². The number of carboxylic acids is 1. The van der Waals surface area contributed by atoms with Crippen molar-refractivity contribution < 1.29 is 67.7 Å². The average Bonchev–Trinajstić information content (AvgIpc) is 3.51. The molecule has 1 aliphatic heterocycles. The minimum absolute atomic E-state index is 0.0304. The van der Waals surface area contributed by atoms with Crippen LogP contribution in [0.3, 0.4) is 0 Å². The number of nitrogens with zero attached hydrogens (tertiary/aromatic N) is 1. The van der Waals surface area contributed by atoms with Crippen molar-refractivity contribution in [2.24, 2.45) is 0 Å². The highest BCUT2D eigenvalue weighted by Crippen LogP contribution is 2.14. The highest BCUT2D eigenvalue weighted by atomic mass is 32.7. The summed E-state index contributed by atoms with van der Waals surface area (Å²) in [6.07, 6.45) is 2.63. The third-order valence-corrected chi connectivity index (χ3v) is 6.80. The van der Waals surface area contributed by atoms with Crippen molar-refractivity contribution >= 4 is 31.1 Å². The van der Waals surface area contributed by atoms with Crippen LogP contribution in [0.25, 0.3) is 0 Å². The van der Waals surface area contributed by atoms with Gasteiger partial charge >= 0.3 is 5.97 Å². The first kappa shape index (κ1) is 67.7. The van der Waals surface area contributed by atoms with Crippen LogP contribution in [-0.2, 0) is 59.6 Å². The topological polar surface area (TPSA) is 212 Å². The molecule has 1 fully saturated rings. The number of carboxylic acid groups (broad SMARTS) is 1. The third kappa shape index (κ3) is 83.5. The van der Waals surface area contributed by atoms with Gasteiger partial charge in [0.25, 0.3) is 0 Å². The third-order valence-electron chi connectivity index (χ3n) is 5.71. The molecule has 5 N–H and O–H groups in total. The molecule has 57 heavy (non-hydrogen) atoms. The Hall–Kier alpha value is -1.05. The van der Waals surface area contributed by atoms with Crippen LogP contribution >= 0.6 is 7.00 Å². The molecule has 16 nitrogen and oxygen atoms in total. The minimum Gasteiger partial charge on any atom is -0.480 e. The molecule has 18 heteroatoms. The molecule has 2 atom stereocenters. The van der Waals surface area contributed by atoms with Gasteiger partial charge in [0.2, 0.25) is 12.9 Å². The molecule has 1 saturated heterocycles. The van der Waals surface area contributed by atoms with Gasteiger partial charge in [0.15, 0.2) is 6.29 Å². The number of ether oxygens (including phenoxy) is 7. The summed E-state index contributed by atoms with van der Waals surface area (Å²) in [4.78, 5) is 22.8. The smallest absolute Gasteiger partial charge is 0.317 e. The molecule has 0 aliphatic carbocycles. The fraction of sp³-hybridized carbons (Fsp3) is 0.949. The van der Waals surface area contributed by atoms with Crippen LogP contribution < -0.4 is 5.32 Å². The molecule has 0 radical (unpaired) electrons. The summed E-state index contributed by atoms with van der Waals surface area (Å²) < 4.78 is 45.1. The molecule has 348 valence electrons. The molecule has 1 amide bonds. The number of methoxy groups -OCH3 is 2. The first-order valence-corrected chi connectivity index (χ1v) is 22.3. The Labute approximate surface area is 353 Å². The number of likely N-dealkylation sites (tertiary alicyclic amines) is 1. The lowest BCUT2D eigenvalue weighted by Crippen LogP contribution is -2.29. The summed E-state index contributed by atoms with van der Waals surface area (Å²) in [5, 5.41) is 35.8. The van der Waals surface area contributed by atoms with Gasteiger partial charge in [-0.2, -0.15) is 0 Å². The lowest BCUT2D eigenvalue weighted by Gasteiger charge is -2.16. The first-order chi connectivity index (χ1) is 26.4. The molecule has 0 aromatic rings. The number of nitrogens with one attached hydrogen (secondary N) is 1. The van der Waals surface area contributed by atoms with Gasteiger partial charge < -0.3 is 76.0 Å². The Kier molecular flexibility index (Phi) is 60.7. The number of aliphatic hydroxyl groups excluding tert-OH is 3. The summed E-state index contributed by atoms with van der Waals surface area (Å²) in [5.41, 5.74) is 0.